The number of nitrogens with two attached hydrogens (primary N) is 1. The van der Waals surface area contributed by atoms with Crippen molar-refractivity contribution in [2.75, 3.05) is 11.4 Å². The molecule has 0 aliphatic carbocycles. The fraction of sp³-hybridized carbons (Fsp3) is 0.786. The molecule has 21 heavy (non-hydrogen) atoms. The van der Waals surface area contributed by atoms with Gasteiger partial charge in [0.2, 0.25) is 5.82 Å². The highest BCUT2D eigenvalue weighted by Crippen LogP contribution is 2.37. The standard InChI is InChI=1S/C14H25N5O2/c1-4-6-12-13(19(20)21)14(17(3)16-12)18-10(2)7-5-8-11(18)9-15/h10-11H,4-9,15H2,1-3H3. The van der Waals surface area contributed by atoms with E-state index in [2.05, 4.69) is 16.9 Å². The van der Waals surface area contributed by atoms with Crippen molar-refractivity contribution in [3.05, 3.63) is 15.8 Å². The molecule has 1 aromatic rings. The Morgan fingerprint density at radius 2 is 2.19 bits per heavy atom. The zero-order valence-corrected chi connectivity index (χ0v) is 13.1. The first-order chi connectivity index (χ1) is 10.0. The number of rotatable bonds is 5. The third kappa shape index (κ3) is 2.88. The Morgan fingerprint density at radius 1 is 1.48 bits per heavy atom. The van der Waals surface area contributed by atoms with Gasteiger partial charge in [-0.3, -0.25) is 10.1 Å². The van der Waals surface area contributed by atoms with Crippen LogP contribution in [0.2, 0.25) is 0 Å². The number of aromatic nitrogens is 2. The summed E-state index contributed by atoms with van der Waals surface area (Å²) in [7, 11) is 1.79. The van der Waals surface area contributed by atoms with Crippen LogP contribution in [0.3, 0.4) is 0 Å². The van der Waals surface area contributed by atoms with Crippen molar-refractivity contribution in [3.63, 3.8) is 0 Å². The average Bonchev–Trinajstić information content (AvgIpc) is 2.75. The monoisotopic (exact) mass is 295 g/mol. The van der Waals surface area contributed by atoms with Crippen molar-refractivity contribution in [1.29, 1.82) is 0 Å². The maximum atomic E-state index is 11.6. The van der Waals surface area contributed by atoms with Crippen molar-refractivity contribution in [3.8, 4) is 0 Å². The number of piperidine rings is 1. The second-order valence-corrected chi connectivity index (χ2v) is 5.83. The van der Waals surface area contributed by atoms with E-state index in [1.54, 1.807) is 11.7 Å². The zero-order valence-electron chi connectivity index (χ0n) is 13.1. The van der Waals surface area contributed by atoms with Gasteiger partial charge < -0.3 is 10.6 Å². The van der Waals surface area contributed by atoms with E-state index in [9.17, 15) is 10.1 Å². The van der Waals surface area contributed by atoms with E-state index in [0.29, 0.717) is 24.5 Å². The quantitative estimate of drug-likeness (QED) is 0.662. The molecule has 0 saturated carbocycles. The van der Waals surface area contributed by atoms with E-state index in [-0.39, 0.29) is 22.7 Å². The number of anilines is 1. The second kappa shape index (κ2) is 6.43. The maximum absolute atomic E-state index is 11.6. The first-order valence-electron chi connectivity index (χ1n) is 7.69. The molecule has 1 aromatic heterocycles. The van der Waals surface area contributed by atoms with Gasteiger partial charge in [-0.15, -0.1) is 0 Å². The van der Waals surface area contributed by atoms with Crippen molar-refractivity contribution >= 4 is 11.5 Å². The zero-order chi connectivity index (χ0) is 15.6. The second-order valence-electron chi connectivity index (χ2n) is 5.83. The normalized spacial score (nSPS) is 22.6. The predicted molar refractivity (Wildman–Crippen MR) is 82.5 cm³/mol. The van der Waals surface area contributed by atoms with Gasteiger partial charge in [0, 0.05) is 25.7 Å². The van der Waals surface area contributed by atoms with Crippen LogP contribution in [0, 0.1) is 10.1 Å². The average molecular weight is 295 g/mol. The molecule has 2 atom stereocenters. The lowest BCUT2D eigenvalue weighted by atomic mass is 9.96. The molecule has 2 rings (SSSR count). The highest BCUT2D eigenvalue weighted by Gasteiger charge is 2.36. The summed E-state index contributed by atoms with van der Waals surface area (Å²) >= 11 is 0. The van der Waals surface area contributed by atoms with Crippen molar-refractivity contribution in [1.82, 2.24) is 9.78 Å². The topological polar surface area (TPSA) is 90.2 Å². The first-order valence-corrected chi connectivity index (χ1v) is 7.69. The van der Waals surface area contributed by atoms with Gasteiger partial charge >= 0.3 is 5.69 Å². The molecule has 1 fully saturated rings. The first kappa shape index (κ1) is 15.8. The van der Waals surface area contributed by atoms with Crippen LogP contribution in [0.1, 0.15) is 45.2 Å². The van der Waals surface area contributed by atoms with E-state index >= 15 is 0 Å². The minimum Gasteiger partial charge on any atom is -0.344 e. The molecule has 0 spiro atoms. The van der Waals surface area contributed by atoms with Crippen molar-refractivity contribution in [2.45, 2.75) is 58.0 Å². The van der Waals surface area contributed by atoms with Gasteiger partial charge in [0.25, 0.3) is 0 Å². The van der Waals surface area contributed by atoms with Gasteiger partial charge in [-0.1, -0.05) is 13.3 Å². The van der Waals surface area contributed by atoms with E-state index in [4.69, 9.17) is 5.73 Å². The van der Waals surface area contributed by atoms with Crippen LogP contribution in [0.5, 0.6) is 0 Å². The number of aryl methyl sites for hydroxylation is 2. The summed E-state index contributed by atoms with van der Waals surface area (Å²) in [4.78, 5) is 13.4. The smallest absolute Gasteiger partial charge is 0.334 e. The van der Waals surface area contributed by atoms with Gasteiger partial charge in [-0.2, -0.15) is 5.10 Å². The molecule has 0 amide bonds. The molecule has 2 heterocycles. The predicted octanol–water partition coefficient (Wildman–Crippen LogP) is 1.99. The molecule has 2 N–H and O–H groups in total. The van der Waals surface area contributed by atoms with Gasteiger partial charge in [0.05, 0.1) is 4.92 Å². The highest BCUT2D eigenvalue weighted by molar-refractivity contribution is 5.63. The van der Waals surface area contributed by atoms with Crippen molar-refractivity contribution < 1.29 is 4.92 Å². The summed E-state index contributed by atoms with van der Waals surface area (Å²) < 4.78 is 1.66. The minimum absolute atomic E-state index is 0.150. The molecular weight excluding hydrogens is 270 g/mol. The van der Waals surface area contributed by atoms with E-state index in [1.165, 1.54) is 0 Å². The van der Waals surface area contributed by atoms with Crippen LogP contribution in [-0.2, 0) is 13.5 Å². The molecule has 0 radical (unpaired) electrons. The third-order valence-electron chi connectivity index (χ3n) is 4.28. The Morgan fingerprint density at radius 3 is 2.76 bits per heavy atom. The molecule has 1 aliphatic rings. The third-order valence-corrected chi connectivity index (χ3v) is 4.28. The van der Waals surface area contributed by atoms with Gasteiger partial charge in [0.1, 0.15) is 5.69 Å². The summed E-state index contributed by atoms with van der Waals surface area (Å²) in [5.74, 6) is 0.617. The lowest BCUT2D eigenvalue weighted by Crippen LogP contribution is -2.50. The molecule has 0 bridgehead atoms. The van der Waals surface area contributed by atoms with E-state index in [0.717, 1.165) is 25.7 Å². The van der Waals surface area contributed by atoms with Crippen LogP contribution >= 0.6 is 0 Å². The number of nitrogens with zero attached hydrogens (tertiary/aromatic N) is 4. The largest absolute Gasteiger partial charge is 0.344 e. The lowest BCUT2D eigenvalue weighted by Gasteiger charge is -2.41. The SMILES string of the molecule is CCCc1nn(C)c(N2C(C)CCCC2CN)c1[N+](=O)[O-]. The molecule has 1 aliphatic heterocycles. The van der Waals surface area contributed by atoms with Gasteiger partial charge in [-0.05, 0) is 32.6 Å². The molecular formula is C14H25N5O2. The van der Waals surface area contributed by atoms with Gasteiger partial charge in [0.15, 0.2) is 0 Å². The summed E-state index contributed by atoms with van der Waals surface area (Å²) in [6.45, 7) is 4.62. The summed E-state index contributed by atoms with van der Waals surface area (Å²) in [5.41, 5.74) is 6.63. The Labute approximate surface area is 125 Å². The van der Waals surface area contributed by atoms with Gasteiger partial charge in [-0.25, -0.2) is 4.68 Å². The molecule has 0 aromatic carbocycles. The minimum atomic E-state index is -0.289. The molecule has 118 valence electrons. The van der Waals surface area contributed by atoms with Crippen LogP contribution in [0.15, 0.2) is 0 Å². The van der Waals surface area contributed by atoms with Crippen molar-refractivity contribution in [2.24, 2.45) is 12.8 Å². The van der Waals surface area contributed by atoms with E-state index < -0.39 is 0 Å². The number of nitro groups is 1. The van der Waals surface area contributed by atoms with E-state index in [1.807, 2.05) is 6.92 Å². The summed E-state index contributed by atoms with van der Waals surface area (Å²) in [6.07, 6.45) is 4.59. The fourth-order valence-corrected chi connectivity index (χ4v) is 3.34. The maximum Gasteiger partial charge on any atom is 0.334 e. The fourth-order valence-electron chi connectivity index (χ4n) is 3.34. The summed E-state index contributed by atoms with van der Waals surface area (Å²) in [5, 5.41) is 16.0. The van der Waals surface area contributed by atoms with Crippen LogP contribution in [0.4, 0.5) is 11.5 Å². The Kier molecular flexibility index (Phi) is 4.82. The Balaban J connectivity index is 2.52. The molecule has 1 saturated heterocycles. The van der Waals surface area contributed by atoms with Crippen LogP contribution in [0.25, 0.3) is 0 Å². The Hall–Kier alpha value is -1.63. The number of hydrogen-bond donors (Lipinski definition) is 1. The lowest BCUT2D eigenvalue weighted by molar-refractivity contribution is -0.384. The molecule has 2 unspecified atom stereocenters. The van der Waals surface area contributed by atoms with Crippen LogP contribution < -0.4 is 10.6 Å². The Bertz CT molecular complexity index is 514. The number of hydrogen-bond acceptors (Lipinski definition) is 5. The highest BCUT2D eigenvalue weighted by atomic mass is 16.6. The summed E-state index contributed by atoms with van der Waals surface area (Å²) in [6, 6.07) is 0.396. The molecule has 7 heteroatoms. The van der Waals surface area contributed by atoms with Crippen LogP contribution in [-0.4, -0.2) is 33.3 Å². The molecule has 7 nitrogen and oxygen atoms in total.